The molecular weight excluding hydrogens is 554 g/mol. The number of benzene rings is 2. The normalized spacial score (nSPS) is 13.0. The number of rotatable bonds is 16. The van der Waals surface area contributed by atoms with Crippen molar-refractivity contribution in [3.8, 4) is 0 Å². The molecule has 0 heterocycles. The predicted octanol–water partition coefficient (Wildman–Crippen LogP) is 2.21. The second-order valence-corrected chi connectivity index (χ2v) is 10.5. The Hall–Kier alpha value is -4.71. The van der Waals surface area contributed by atoms with Gasteiger partial charge in [-0.3, -0.25) is 24.4 Å². The van der Waals surface area contributed by atoms with Gasteiger partial charge in [0, 0.05) is 32.0 Å². The molecule has 0 bridgehead atoms. The van der Waals surface area contributed by atoms with Crippen LogP contribution in [0, 0.1) is 5.92 Å². The molecule has 0 radical (unpaired) electrons. The fraction of sp³-hybridized carbons (Fsp3) is 0.387. The number of hydrogen-bond donors (Lipinski definition) is 5. The van der Waals surface area contributed by atoms with Gasteiger partial charge in [-0.1, -0.05) is 80.6 Å². The van der Waals surface area contributed by atoms with Crippen molar-refractivity contribution in [1.82, 2.24) is 21.0 Å². The van der Waals surface area contributed by atoms with Crippen LogP contribution in [0.5, 0.6) is 0 Å². The molecule has 0 saturated carbocycles. The number of hydroxylamine groups is 2. The van der Waals surface area contributed by atoms with Crippen LogP contribution in [-0.2, 0) is 36.9 Å². The van der Waals surface area contributed by atoms with E-state index < -0.39 is 47.8 Å². The van der Waals surface area contributed by atoms with E-state index in [1.54, 1.807) is 24.3 Å². The van der Waals surface area contributed by atoms with Crippen molar-refractivity contribution in [1.29, 1.82) is 0 Å². The van der Waals surface area contributed by atoms with E-state index in [0.717, 1.165) is 24.3 Å². The van der Waals surface area contributed by atoms with Gasteiger partial charge < -0.3 is 26.4 Å². The fourth-order valence-corrected chi connectivity index (χ4v) is 4.05. The van der Waals surface area contributed by atoms with E-state index in [4.69, 9.17) is 10.5 Å². The van der Waals surface area contributed by atoms with Crippen molar-refractivity contribution in [3.05, 3.63) is 83.9 Å². The third-order valence-electron chi connectivity index (χ3n) is 6.26. The van der Waals surface area contributed by atoms with Gasteiger partial charge in [0.1, 0.15) is 18.7 Å². The van der Waals surface area contributed by atoms with E-state index in [1.165, 1.54) is 6.08 Å². The van der Waals surface area contributed by atoms with Crippen molar-refractivity contribution in [2.45, 2.75) is 64.3 Å². The molecule has 2 rings (SSSR count). The van der Waals surface area contributed by atoms with E-state index >= 15 is 0 Å². The van der Waals surface area contributed by atoms with Gasteiger partial charge in [-0.15, -0.1) is 0 Å². The summed E-state index contributed by atoms with van der Waals surface area (Å²) in [5.74, 6) is -2.49. The number of carbonyl (C=O) groups excluding carboxylic acids is 5. The van der Waals surface area contributed by atoms with Crippen LogP contribution in [0.3, 0.4) is 0 Å². The van der Waals surface area contributed by atoms with Crippen LogP contribution in [-0.4, -0.2) is 65.2 Å². The molecule has 2 aromatic carbocycles. The minimum Gasteiger partial charge on any atom is -0.445 e. The van der Waals surface area contributed by atoms with E-state index in [9.17, 15) is 29.2 Å². The van der Waals surface area contributed by atoms with E-state index in [2.05, 4.69) is 16.0 Å². The first-order valence-electron chi connectivity index (χ1n) is 14.0. The average Bonchev–Trinajstić information content (AvgIpc) is 2.97. The number of ether oxygens (including phenoxy) is 1. The van der Waals surface area contributed by atoms with Crippen LogP contribution in [0.15, 0.2) is 72.8 Å². The summed E-state index contributed by atoms with van der Waals surface area (Å²) in [6.45, 7) is 3.81. The molecule has 0 fully saturated rings. The van der Waals surface area contributed by atoms with Gasteiger partial charge in [-0.25, -0.2) is 9.86 Å². The van der Waals surface area contributed by atoms with Gasteiger partial charge in [-0.2, -0.15) is 0 Å². The highest BCUT2D eigenvalue weighted by molar-refractivity contribution is 5.92. The number of amides is 5. The summed E-state index contributed by atoms with van der Waals surface area (Å²) in [5, 5.41) is 17.8. The molecule has 5 amide bonds. The first kappa shape index (κ1) is 34.5. The lowest BCUT2D eigenvalue weighted by molar-refractivity contribution is -0.153. The second kappa shape index (κ2) is 18.0. The molecule has 0 aromatic heterocycles. The Balaban J connectivity index is 2.21. The number of hydrogen-bond acceptors (Lipinski definition) is 7. The Morgan fingerprint density at radius 1 is 0.884 bits per heavy atom. The summed E-state index contributed by atoms with van der Waals surface area (Å²) in [4.78, 5) is 62.8. The van der Waals surface area contributed by atoms with E-state index in [0.29, 0.717) is 5.06 Å². The molecular formula is C31H41N5O7. The van der Waals surface area contributed by atoms with Gasteiger partial charge >= 0.3 is 6.09 Å². The van der Waals surface area contributed by atoms with Crippen molar-refractivity contribution in [3.63, 3.8) is 0 Å². The topological polar surface area (TPSA) is 180 Å². The van der Waals surface area contributed by atoms with Gasteiger partial charge in [0.05, 0.1) is 0 Å². The molecule has 0 aliphatic carbocycles. The molecule has 232 valence electrons. The average molecular weight is 596 g/mol. The summed E-state index contributed by atoms with van der Waals surface area (Å²) in [7, 11) is 1.15. The maximum Gasteiger partial charge on any atom is 0.408 e. The van der Waals surface area contributed by atoms with Crippen LogP contribution in [0.1, 0.15) is 44.2 Å². The number of likely N-dealkylation sites (N-methyl/N-ethyl adjacent to an activating group) is 1. The van der Waals surface area contributed by atoms with Crippen LogP contribution in [0.25, 0.3) is 0 Å². The maximum atomic E-state index is 13.5. The zero-order valence-electron chi connectivity index (χ0n) is 24.7. The summed E-state index contributed by atoms with van der Waals surface area (Å²) in [5.41, 5.74) is 6.83. The number of nitrogens with one attached hydrogen (secondary N) is 3. The van der Waals surface area contributed by atoms with Gasteiger partial charge in [-0.05, 0) is 29.9 Å². The largest absolute Gasteiger partial charge is 0.445 e. The number of nitrogens with two attached hydrogens (primary N) is 1. The van der Waals surface area contributed by atoms with E-state index in [1.807, 2.05) is 50.2 Å². The minimum atomic E-state index is -1.08. The zero-order chi connectivity index (χ0) is 31.8. The van der Waals surface area contributed by atoms with Crippen LogP contribution in [0.2, 0.25) is 0 Å². The molecule has 43 heavy (non-hydrogen) atoms. The SMILES string of the molecule is CC(C)C[C@H](NC(=O)OCc1ccccc1)C(=O)N[C@@H](Cc1ccccc1)C(=O)N[C@H](/C=C/C(=O)N(C)O)CCC(N)=O. The molecule has 2 aromatic rings. The molecule has 0 spiro atoms. The first-order chi connectivity index (χ1) is 20.4. The summed E-state index contributed by atoms with van der Waals surface area (Å²) < 4.78 is 5.30. The minimum absolute atomic E-state index is 0.0243. The summed E-state index contributed by atoms with van der Waals surface area (Å²) in [6.07, 6.45) is 2.02. The second-order valence-electron chi connectivity index (χ2n) is 10.5. The Labute approximate surface area is 251 Å². The van der Waals surface area contributed by atoms with Gasteiger partial charge in [0.2, 0.25) is 17.7 Å². The zero-order valence-corrected chi connectivity index (χ0v) is 24.7. The lowest BCUT2D eigenvalue weighted by atomic mass is 10.0. The fourth-order valence-electron chi connectivity index (χ4n) is 4.05. The number of nitrogens with zero attached hydrogens (tertiary/aromatic N) is 1. The molecule has 0 saturated heterocycles. The van der Waals surface area contributed by atoms with Crippen molar-refractivity contribution in [2.24, 2.45) is 11.7 Å². The highest BCUT2D eigenvalue weighted by Crippen LogP contribution is 2.10. The molecule has 12 nitrogen and oxygen atoms in total. The lowest BCUT2D eigenvalue weighted by Gasteiger charge is -2.25. The first-order valence-corrected chi connectivity index (χ1v) is 14.0. The van der Waals surface area contributed by atoms with Crippen LogP contribution < -0.4 is 21.7 Å². The Morgan fingerprint density at radius 2 is 1.47 bits per heavy atom. The standard InChI is InChI=1S/C31H41N5O7/c1-21(2)18-25(35-31(41)43-20-23-12-8-5-9-13-23)30(40)34-26(19-22-10-6-4-7-11-22)29(39)33-24(14-16-27(32)37)15-17-28(38)36(3)42/h4-13,15,17,21,24-26,42H,14,16,18-20H2,1-3H3,(H2,32,37)(H,33,39)(H,34,40)(H,35,41)/b17-15+/t24-,25-,26-/m0/s1. The highest BCUT2D eigenvalue weighted by atomic mass is 16.5. The molecule has 0 aliphatic rings. The monoisotopic (exact) mass is 595 g/mol. The van der Waals surface area contributed by atoms with E-state index in [-0.39, 0.29) is 38.2 Å². The highest BCUT2D eigenvalue weighted by Gasteiger charge is 2.29. The molecule has 12 heteroatoms. The van der Waals surface area contributed by atoms with Crippen LogP contribution in [0.4, 0.5) is 4.79 Å². The van der Waals surface area contributed by atoms with Crippen molar-refractivity contribution < 1.29 is 33.9 Å². The maximum absolute atomic E-state index is 13.5. The smallest absolute Gasteiger partial charge is 0.408 e. The quantitative estimate of drug-likeness (QED) is 0.112. The summed E-state index contributed by atoms with van der Waals surface area (Å²) >= 11 is 0. The van der Waals surface area contributed by atoms with Crippen molar-refractivity contribution in [2.75, 3.05) is 7.05 Å². The third-order valence-corrected chi connectivity index (χ3v) is 6.26. The predicted molar refractivity (Wildman–Crippen MR) is 159 cm³/mol. The molecule has 6 N–H and O–H groups in total. The summed E-state index contributed by atoms with van der Waals surface area (Å²) in [6, 6.07) is 15.3. The molecule has 0 unspecified atom stereocenters. The number of carbonyl (C=O) groups is 5. The van der Waals surface area contributed by atoms with Gasteiger partial charge in [0.15, 0.2) is 0 Å². The number of primary amides is 1. The third kappa shape index (κ3) is 13.7. The molecule has 3 atom stereocenters. The van der Waals surface area contributed by atoms with Gasteiger partial charge in [0.25, 0.3) is 5.91 Å². The Kier molecular flexibility index (Phi) is 14.4. The van der Waals surface area contributed by atoms with Crippen molar-refractivity contribution >= 4 is 29.7 Å². The number of alkyl carbamates (subject to hydrolysis) is 1. The Bertz CT molecular complexity index is 1240. The lowest BCUT2D eigenvalue weighted by Crippen LogP contribution is -2.55. The molecule has 0 aliphatic heterocycles. The van der Waals surface area contributed by atoms with Crippen LogP contribution >= 0.6 is 0 Å². The Morgan fingerprint density at radius 3 is 2.02 bits per heavy atom.